The maximum atomic E-state index is 11.6. The van der Waals surface area contributed by atoms with Gasteiger partial charge in [0.1, 0.15) is 6.54 Å². The molecule has 0 aromatic carbocycles. The van der Waals surface area contributed by atoms with Gasteiger partial charge in [-0.25, -0.2) is 9.98 Å². The number of nitrogens with one attached hydrogen (secondary N) is 1. The molecule has 0 aliphatic rings. The van der Waals surface area contributed by atoms with Crippen LogP contribution in [0.3, 0.4) is 0 Å². The molecule has 0 radical (unpaired) electrons. The van der Waals surface area contributed by atoms with Gasteiger partial charge in [0.2, 0.25) is 5.91 Å². The van der Waals surface area contributed by atoms with Crippen molar-refractivity contribution in [2.24, 2.45) is 4.99 Å². The van der Waals surface area contributed by atoms with E-state index in [0.717, 1.165) is 18.0 Å². The lowest BCUT2D eigenvalue weighted by molar-refractivity contribution is -0.127. The zero-order valence-electron chi connectivity index (χ0n) is 13.3. The van der Waals surface area contributed by atoms with Gasteiger partial charge in [-0.2, -0.15) is 0 Å². The Labute approximate surface area is 153 Å². The second kappa shape index (κ2) is 11.4. The van der Waals surface area contributed by atoms with E-state index in [4.69, 9.17) is 0 Å². The first-order valence-electron chi connectivity index (χ1n) is 6.73. The Hall–Kier alpha value is -1.16. The van der Waals surface area contributed by atoms with Gasteiger partial charge in [-0.1, -0.05) is 6.08 Å². The van der Waals surface area contributed by atoms with E-state index in [-0.39, 0.29) is 36.4 Å². The molecular formula is C14H24IN5OS. The average molecular weight is 437 g/mol. The standard InChI is InChI=1S/C14H23N5OS.HI/c1-5-7-16-14(17-11-13(20)18(2)3)19(4)9-6-12-15-8-10-21-12;/h5,8,10H,1,6-7,9,11H2,2-4H3,(H,16,17);1H. The zero-order valence-corrected chi connectivity index (χ0v) is 16.4. The number of hydrogen-bond donors (Lipinski definition) is 1. The van der Waals surface area contributed by atoms with Gasteiger partial charge in [0.25, 0.3) is 0 Å². The quantitative estimate of drug-likeness (QED) is 0.304. The molecule has 0 saturated carbocycles. The van der Waals surface area contributed by atoms with Crippen molar-refractivity contribution in [1.82, 2.24) is 20.1 Å². The van der Waals surface area contributed by atoms with E-state index in [0.29, 0.717) is 12.5 Å². The van der Waals surface area contributed by atoms with Crippen molar-refractivity contribution < 1.29 is 4.79 Å². The zero-order chi connectivity index (χ0) is 15.7. The SMILES string of the molecule is C=CCNC(=NCC(=O)N(C)C)N(C)CCc1nccs1.I. The largest absolute Gasteiger partial charge is 0.353 e. The molecule has 1 rings (SSSR count). The highest BCUT2D eigenvalue weighted by atomic mass is 127. The lowest BCUT2D eigenvalue weighted by atomic mass is 10.4. The van der Waals surface area contributed by atoms with Crippen LogP contribution in [0, 0.1) is 0 Å². The summed E-state index contributed by atoms with van der Waals surface area (Å²) in [6, 6.07) is 0. The van der Waals surface area contributed by atoms with Crippen LogP contribution in [-0.4, -0.2) is 67.4 Å². The summed E-state index contributed by atoms with van der Waals surface area (Å²) in [5.41, 5.74) is 0. The molecule has 0 saturated heterocycles. The van der Waals surface area contributed by atoms with E-state index in [2.05, 4.69) is 21.9 Å². The topological polar surface area (TPSA) is 60.8 Å². The third-order valence-corrected chi connectivity index (χ3v) is 3.61. The van der Waals surface area contributed by atoms with Crippen LogP contribution in [0.4, 0.5) is 0 Å². The van der Waals surface area contributed by atoms with Crippen LogP contribution >= 0.6 is 35.3 Å². The van der Waals surface area contributed by atoms with Crippen molar-refractivity contribution in [3.8, 4) is 0 Å². The molecule has 0 aliphatic carbocycles. The Morgan fingerprint density at radius 2 is 2.23 bits per heavy atom. The van der Waals surface area contributed by atoms with Gasteiger partial charge >= 0.3 is 0 Å². The number of aromatic nitrogens is 1. The lowest BCUT2D eigenvalue weighted by Crippen LogP contribution is -2.41. The van der Waals surface area contributed by atoms with Crippen LogP contribution in [0.1, 0.15) is 5.01 Å². The molecule has 0 aliphatic heterocycles. The summed E-state index contributed by atoms with van der Waals surface area (Å²) in [7, 11) is 5.39. The number of halogens is 1. The molecule has 1 amide bonds. The van der Waals surface area contributed by atoms with Gasteiger partial charge in [-0.3, -0.25) is 4.79 Å². The fraction of sp³-hybridized carbons (Fsp3) is 0.500. The van der Waals surface area contributed by atoms with E-state index >= 15 is 0 Å². The molecule has 1 aromatic heterocycles. The smallest absolute Gasteiger partial charge is 0.243 e. The molecule has 0 bridgehead atoms. The molecule has 8 heteroatoms. The second-order valence-corrected chi connectivity index (χ2v) is 5.67. The van der Waals surface area contributed by atoms with Gasteiger partial charge in [-0.15, -0.1) is 41.9 Å². The Morgan fingerprint density at radius 3 is 2.77 bits per heavy atom. The van der Waals surface area contributed by atoms with Gasteiger partial charge in [0.15, 0.2) is 5.96 Å². The van der Waals surface area contributed by atoms with Crippen LogP contribution in [0.25, 0.3) is 0 Å². The predicted molar refractivity (Wildman–Crippen MR) is 103 cm³/mol. The first-order valence-corrected chi connectivity index (χ1v) is 7.61. The van der Waals surface area contributed by atoms with Gasteiger partial charge in [0.05, 0.1) is 5.01 Å². The molecular weight excluding hydrogens is 413 g/mol. The van der Waals surface area contributed by atoms with Crippen LogP contribution < -0.4 is 5.32 Å². The number of amides is 1. The highest BCUT2D eigenvalue weighted by molar-refractivity contribution is 14.0. The van der Waals surface area contributed by atoms with Crippen LogP contribution in [0.15, 0.2) is 29.2 Å². The number of hydrogen-bond acceptors (Lipinski definition) is 4. The molecule has 0 fully saturated rings. The van der Waals surface area contributed by atoms with Gasteiger partial charge in [-0.05, 0) is 0 Å². The lowest BCUT2D eigenvalue weighted by Gasteiger charge is -2.21. The predicted octanol–water partition coefficient (Wildman–Crippen LogP) is 1.46. The summed E-state index contributed by atoms with van der Waals surface area (Å²) in [6.45, 7) is 5.21. The second-order valence-electron chi connectivity index (χ2n) is 4.69. The summed E-state index contributed by atoms with van der Waals surface area (Å²) < 4.78 is 0. The average Bonchev–Trinajstić information content (AvgIpc) is 2.97. The monoisotopic (exact) mass is 437 g/mol. The number of guanidine groups is 1. The summed E-state index contributed by atoms with van der Waals surface area (Å²) in [6.07, 6.45) is 4.42. The summed E-state index contributed by atoms with van der Waals surface area (Å²) in [5, 5.41) is 6.22. The Bertz CT molecular complexity index is 476. The highest BCUT2D eigenvalue weighted by Crippen LogP contribution is 2.05. The number of thiazole rings is 1. The summed E-state index contributed by atoms with van der Waals surface area (Å²) in [5.74, 6) is 0.669. The van der Waals surface area contributed by atoms with Crippen LogP contribution in [0.2, 0.25) is 0 Å². The highest BCUT2D eigenvalue weighted by Gasteiger charge is 2.09. The molecule has 0 atom stereocenters. The molecule has 0 unspecified atom stereocenters. The molecule has 1 heterocycles. The molecule has 1 N–H and O–H groups in total. The third kappa shape index (κ3) is 7.74. The first kappa shape index (κ1) is 20.8. The maximum Gasteiger partial charge on any atom is 0.243 e. The fourth-order valence-electron chi connectivity index (χ4n) is 1.50. The van der Waals surface area contributed by atoms with Crippen molar-refractivity contribution in [2.45, 2.75) is 6.42 Å². The number of likely N-dealkylation sites (N-methyl/N-ethyl adjacent to an activating group) is 2. The van der Waals surface area contributed by atoms with Crippen molar-refractivity contribution in [1.29, 1.82) is 0 Å². The minimum absolute atomic E-state index is 0. The normalized spacial score (nSPS) is 10.6. The van der Waals surface area contributed by atoms with Crippen molar-refractivity contribution in [2.75, 3.05) is 40.8 Å². The summed E-state index contributed by atoms with van der Waals surface area (Å²) in [4.78, 5) is 23.8. The van der Waals surface area contributed by atoms with Crippen molar-refractivity contribution in [3.63, 3.8) is 0 Å². The maximum absolute atomic E-state index is 11.6. The van der Waals surface area contributed by atoms with Crippen molar-refractivity contribution >= 4 is 47.2 Å². The molecule has 22 heavy (non-hydrogen) atoms. The van der Waals surface area contributed by atoms with E-state index in [1.165, 1.54) is 4.90 Å². The Kier molecular flexibility index (Phi) is 10.8. The Morgan fingerprint density at radius 1 is 1.50 bits per heavy atom. The van der Waals surface area contributed by atoms with Crippen molar-refractivity contribution in [3.05, 3.63) is 29.2 Å². The number of aliphatic imine (C=N–C) groups is 1. The van der Waals surface area contributed by atoms with Gasteiger partial charge < -0.3 is 15.1 Å². The minimum Gasteiger partial charge on any atom is -0.353 e. The molecule has 124 valence electrons. The van der Waals surface area contributed by atoms with E-state index < -0.39 is 0 Å². The number of nitrogens with zero attached hydrogens (tertiary/aromatic N) is 4. The molecule has 6 nitrogen and oxygen atoms in total. The number of carbonyl (C=O) groups is 1. The molecule has 1 aromatic rings. The Balaban J connectivity index is 0.00000441. The minimum atomic E-state index is -0.0266. The number of carbonyl (C=O) groups excluding carboxylic acids is 1. The third-order valence-electron chi connectivity index (χ3n) is 2.77. The summed E-state index contributed by atoms with van der Waals surface area (Å²) >= 11 is 1.64. The van der Waals surface area contributed by atoms with E-state index in [1.807, 2.05) is 17.3 Å². The van der Waals surface area contributed by atoms with E-state index in [9.17, 15) is 4.79 Å². The van der Waals surface area contributed by atoms with E-state index in [1.54, 1.807) is 37.7 Å². The molecule has 0 spiro atoms. The fourth-order valence-corrected chi connectivity index (χ4v) is 2.11. The number of rotatable bonds is 7. The first-order chi connectivity index (χ1) is 10.0. The van der Waals surface area contributed by atoms with Crippen LogP contribution in [-0.2, 0) is 11.2 Å². The van der Waals surface area contributed by atoms with Gasteiger partial charge in [0, 0.05) is 52.2 Å². The van der Waals surface area contributed by atoms with Crippen LogP contribution in [0.5, 0.6) is 0 Å².